The van der Waals surface area contributed by atoms with Crippen molar-refractivity contribution in [2.75, 3.05) is 13.7 Å². The van der Waals surface area contributed by atoms with Crippen LogP contribution in [-0.4, -0.2) is 30.3 Å². The zero-order valence-electron chi connectivity index (χ0n) is 17.1. The van der Waals surface area contributed by atoms with Crippen LogP contribution in [0.25, 0.3) is 0 Å². The Morgan fingerprint density at radius 1 is 0.967 bits per heavy atom. The number of rotatable bonds is 6. The van der Waals surface area contributed by atoms with Gasteiger partial charge in [-0.1, -0.05) is 60.2 Å². The van der Waals surface area contributed by atoms with Crippen molar-refractivity contribution < 1.29 is 14.3 Å². The minimum absolute atomic E-state index is 0.0682. The molecule has 4 rings (SSSR count). The summed E-state index contributed by atoms with van der Waals surface area (Å²) in [7, 11) is 1.64. The molecule has 30 heavy (non-hydrogen) atoms. The molecule has 3 aromatic carbocycles. The molecule has 0 aliphatic carbocycles. The Hall–Kier alpha value is -3.60. The van der Waals surface area contributed by atoms with E-state index in [1.165, 1.54) is 0 Å². The Labute approximate surface area is 176 Å². The Morgan fingerprint density at radius 2 is 1.63 bits per heavy atom. The van der Waals surface area contributed by atoms with Crippen molar-refractivity contribution in [3.05, 3.63) is 95.6 Å². The Bertz CT molecular complexity index is 1030. The number of carbonyl (C=O) groups is 1. The average Bonchev–Trinajstić information content (AvgIpc) is 3.25. The first-order valence-corrected chi connectivity index (χ1v) is 9.92. The van der Waals surface area contributed by atoms with Gasteiger partial charge in [-0.15, -0.1) is 0 Å². The number of carbonyl (C=O) groups excluding carboxylic acids is 1. The molecule has 0 saturated carbocycles. The van der Waals surface area contributed by atoms with E-state index in [1.54, 1.807) is 12.1 Å². The molecule has 1 heterocycles. The number of nitrogens with zero attached hydrogens (tertiary/aromatic N) is 2. The molecule has 5 nitrogen and oxygen atoms in total. The zero-order chi connectivity index (χ0) is 20.9. The van der Waals surface area contributed by atoms with E-state index in [4.69, 9.17) is 9.47 Å². The van der Waals surface area contributed by atoms with Gasteiger partial charge in [0.05, 0.1) is 18.9 Å². The van der Waals surface area contributed by atoms with Crippen LogP contribution in [0.5, 0.6) is 11.5 Å². The number of ether oxygens (including phenoxy) is 2. The normalized spacial score (nSPS) is 15.6. The highest BCUT2D eigenvalue weighted by Crippen LogP contribution is 2.33. The van der Waals surface area contributed by atoms with Gasteiger partial charge in [0, 0.05) is 6.42 Å². The molecule has 0 spiro atoms. The summed E-state index contributed by atoms with van der Waals surface area (Å²) in [6.45, 7) is 1.94. The average molecular weight is 400 g/mol. The first-order valence-electron chi connectivity index (χ1n) is 9.92. The van der Waals surface area contributed by atoms with Crippen LogP contribution in [0.2, 0.25) is 0 Å². The van der Waals surface area contributed by atoms with Crippen molar-refractivity contribution in [2.24, 2.45) is 5.10 Å². The molecule has 1 aliphatic heterocycles. The number of methoxy groups -OCH3 is 1. The van der Waals surface area contributed by atoms with E-state index >= 15 is 0 Å². The lowest BCUT2D eigenvalue weighted by Gasteiger charge is -2.22. The van der Waals surface area contributed by atoms with Gasteiger partial charge in [-0.25, -0.2) is 5.01 Å². The number of aryl methyl sites for hydroxylation is 1. The second-order valence-electron chi connectivity index (χ2n) is 7.25. The number of amides is 1. The maximum atomic E-state index is 13.0. The summed E-state index contributed by atoms with van der Waals surface area (Å²) in [5.74, 6) is 1.27. The van der Waals surface area contributed by atoms with E-state index in [0.717, 1.165) is 28.2 Å². The van der Waals surface area contributed by atoms with Gasteiger partial charge in [-0.3, -0.25) is 4.79 Å². The molecule has 5 heteroatoms. The van der Waals surface area contributed by atoms with E-state index in [0.29, 0.717) is 12.2 Å². The van der Waals surface area contributed by atoms with Gasteiger partial charge in [0.15, 0.2) is 6.61 Å². The largest absolute Gasteiger partial charge is 0.497 e. The summed E-state index contributed by atoms with van der Waals surface area (Å²) in [6.07, 6.45) is 0.645. The molecule has 1 unspecified atom stereocenters. The predicted octanol–water partition coefficient (Wildman–Crippen LogP) is 4.76. The highest BCUT2D eigenvalue weighted by atomic mass is 16.5. The molecule has 0 saturated heterocycles. The molecule has 0 radical (unpaired) electrons. The summed E-state index contributed by atoms with van der Waals surface area (Å²) < 4.78 is 11.0. The Balaban J connectivity index is 1.56. The van der Waals surface area contributed by atoms with Crippen LogP contribution >= 0.6 is 0 Å². The number of benzene rings is 3. The lowest BCUT2D eigenvalue weighted by Crippen LogP contribution is -2.31. The fourth-order valence-electron chi connectivity index (χ4n) is 3.48. The van der Waals surface area contributed by atoms with Crippen molar-refractivity contribution in [3.63, 3.8) is 0 Å². The molecule has 0 N–H and O–H groups in total. The molecular formula is C25H24N2O3. The highest BCUT2D eigenvalue weighted by molar-refractivity contribution is 6.03. The SMILES string of the molecule is COc1ccc(C2CC(c3ccccc3)=NN2C(=O)COc2ccc(C)cc2)cc1. The summed E-state index contributed by atoms with van der Waals surface area (Å²) in [6, 6.07) is 25.2. The van der Waals surface area contributed by atoms with Crippen molar-refractivity contribution in [3.8, 4) is 11.5 Å². The van der Waals surface area contributed by atoms with E-state index in [2.05, 4.69) is 5.10 Å². The molecule has 0 fully saturated rings. The maximum absolute atomic E-state index is 13.0. The van der Waals surface area contributed by atoms with Crippen LogP contribution in [0.15, 0.2) is 84.0 Å². The Morgan fingerprint density at radius 3 is 2.30 bits per heavy atom. The maximum Gasteiger partial charge on any atom is 0.281 e. The zero-order valence-corrected chi connectivity index (χ0v) is 17.1. The van der Waals surface area contributed by atoms with Crippen molar-refractivity contribution in [1.82, 2.24) is 5.01 Å². The van der Waals surface area contributed by atoms with Crippen LogP contribution in [0.3, 0.4) is 0 Å². The van der Waals surface area contributed by atoms with E-state index in [9.17, 15) is 4.79 Å². The summed E-state index contributed by atoms with van der Waals surface area (Å²) in [5.41, 5.74) is 4.06. The highest BCUT2D eigenvalue weighted by Gasteiger charge is 2.33. The first-order chi connectivity index (χ1) is 14.6. The van der Waals surface area contributed by atoms with Crippen LogP contribution in [0.1, 0.15) is 29.2 Å². The minimum atomic E-state index is -0.180. The van der Waals surface area contributed by atoms with Crippen LogP contribution in [0.4, 0.5) is 0 Å². The van der Waals surface area contributed by atoms with Gasteiger partial charge in [-0.2, -0.15) is 5.10 Å². The number of hydrazone groups is 1. The second-order valence-corrected chi connectivity index (χ2v) is 7.25. The first kappa shape index (κ1) is 19.7. The third-order valence-electron chi connectivity index (χ3n) is 5.16. The van der Waals surface area contributed by atoms with E-state index in [-0.39, 0.29) is 18.6 Å². The van der Waals surface area contributed by atoms with Gasteiger partial charge in [0.1, 0.15) is 11.5 Å². The second kappa shape index (κ2) is 8.82. The summed E-state index contributed by atoms with van der Waals surface area (Å²) in [5, 5.41) is 6.23. The number of hydrogen-bond donors (Lipinski definition) is 0. The third-order valence-corrected chi connectivity index (χ3v) is 5.16. The number of hydrogen-bond acceptors (Lipinski definition) is 4. The van der Waals surface area contributed by atoms with Crippen molar-refractivity contribution >= 4 is 11.6 Å². The predicted molar refractivity (Wildman–Crippen MR) is 117 cm³/mol. The van der Waals surface area contributed by atoms with Crippen LogP contribution in [-0.2, 0) is 4.79 Å². The van der Waals surface area contributed by atoms with Gasteiger partial charge in [0.2, 0.25) is 0 Å². The van der Waals surface area contributed by atoms with Gasteiger partial charge in [0.25, 0.3) is 5.91 Å². The van der Waals surface area contributed by atoms with Gasteiger partial charge < -0.3 is 9.47 Å². The van der Waals surface area contributed by atoms with Gasteiger partial charge >= 0.3 is 0 Å². The van der Waals surface area contributed by atoms with Gasteiger partial charge in [-0.05, 0) is 42.3 Å². The third kappa shape index (κ3) is 4.35. The molecule has 3 aromatic rings. The smallest absolute Gasteiger partial charge is 0.281 e. The molecule has 1 aliphatic rings. The monoisotopic (exact) mass is 400 g/mol. The Kier molecular flexibility index (Phi) is 5.80. The molecule has 1 atom stereocenters. The van der Waals surface area contributed by atoms with Crippen molar-refractivity contribution in [1.29, 1.82) is 0 Å². The molecule has 0 aromatic heterocycles. The molecule has 0 bridgehead atoms. The standard InChI is InChI=1S/C25H24N2O3/c1-18-8-12-22(13-9-18)30-17-25(28)27-24(20-10-14-21(29-2)15-11-20)16-23(26-27)19-6-4-3-5-7-19/h3-15,24H,16-17H2,1-2H3. The molecular weight excluding hydrogens is 376 g/mol. The summed E-state index contributed by atoms with van der Waals surface area (Å²) in [4.78, 5) is 13.0. The van der Waals surface area contributed by atoms with E-state index < -0.39 is 0 Å². The lowest BCUT2D eigenvalue weighted by atomic mass is 9.98. The fourth-order valence-corrected chi connectivity index (χ4v) is 3.48. The fraction of sp³-hybridized carbons (Fsp3) is 0.200. The van der Waals surface area contributed by atoms with Crippen LogP contribution < -0.4 is 9.47 Å². The summed E-state index contributed by atoms with van der Waals surface area (Å²) >= 11 is 0. The van der Waals surface area contributed by atoms with E-state index in [1.807, 2.05) is 85.8 Å². The molecule has 152 valence electrons. The lowest BCUT2D eigenvalue weighted by molar-refractivity contribution is -0.135. The van der Waals surface area contributed by atoms with Crippen molar-refractivity contribution in [2.45, 2.75) is 19.4 Å². The molecule has 1 amide bonds. The minimum Gasteiger partial charge on any atom is -0.497 e. The quantitative estimate of drug-likeness (QED) is 0.599. The van der Waals surface area contributed by atoms with Crippen LogP contribution in [0, 0.1) is 6.92 Å². The topological polar surface area (TPSA) is 51.1 Å².